The van der Waals surface area contributed by atoms with Crippen molar-refractivity contribution in [3.05, 3.63) is 108 Å². The predicted octanol–water partition coefficient (Wildman–Crippen LogP) is 6.15. The number of carbonyl (C=O) groups excluding carboxylic acids is 2. The smallest absolute Gasteiger partial charge is 0.475 e. The van der Waals surface area contributed by atoms with E-state index >= 15 is 0 Å². The first-order valence-corrected chi connectivity index (χ1v) is 12.7. The summed E-state index contributed by atoms with van der Waals surface area (Å²) in [6.07, 6.45) is -0.457. The molecular weight excluding hydrogens is 565 g/mol. The zero-order valence-corrected chi connectivity index (χ0v) is 23.3. The minimum Gasteiger partial charge on any atom is -0.475 e. The summed E-state index contributed by atoms with van der Waals surface area (Å²) >= 11 is 0. The summed E-state index contributed by atoms with van der Waals surface area (Å²) < 4.78 is 37.2. The van der Waals surface area contributed by atoms with Crippen LogP contribution in [0.3, 0.4) is 0 Å². The van der Waals surface area contributed by atoms with Gasteiger partial charge in [-0.05, 0) is 74.4 Å². The number of rotatable bonds is 6. The van der Waals surface area contributed by atoms with E-state index in [2.05, 4.69) is 16.4 Å². The number of furan rings is 1. The number of aliphatic carboxylic acids is 1. The van der Waals surface area contributed by atoms with Gasteiger partial charge in [-0.3, -0.25) is 19.5 Å². The summed E-state index contributed by atoms with van der Waals surface area (Å²) in [5.41, 5.74) is 2.98. The first-order valence-electron chi connectivity index (χ1n) is 12.7. The Hall–Kier alpha value is -5.44. The Balaban J connectivity index is 0.000000646. The maximum absolute atomic E-state index is 13.7. The number of carboxylic acid groups (broad SMARTS) is 1. The lowest BCUT2D eigenvalue weighted by atomic mass is 10.0. The van der Waals surface area contributed by atoms with Gasteiger partial charge in [-0.1, -0.05) is 30.3 Å². The van der Waals surface area contributed by atoms with Crippen molar-refractivity contribution in [2.75, 3.05) is 4.90 Å². The molecule has 0 bridgehead atoms. The number of benzene rings is 2. The molecule has 2 amide bonds. The highest BCUT2D eigenvalue weighted by Gasteiger charge is 2.38. The number of anilines is 1. The van der Waals surface area contributed by atoms with Gasteiger partial charge in [0.05, 0.1) is 17.9 Å². The highest BCUT2D eigenvalue weighted by Crippen LogP contribution is 2.32. The van der Waals surface area contributed by atoms with Crippen LogP contribution in [0.2, 0.25) is 0 Å². The van der Waals surface area contributed by atoms with Crippen LogP contribution in [0, 0.1) is 11.3 Å². The van der Waals surface area contributed by atoms with Crippen molar-refractivity contribution >= 4 is 23.5 Å². The lowest BCUT2D eigenvalue weighted by molar-refractivity contribution is -0.192. The van der Waals surface area contributed by atoms with E-state index in [1.54, 1.807) is 60.9 Å². The Morgan fingerprint density at radius 3 is 1.98 bits per heavy atom. The van der Waals surface area contributed by atoms with Crippen LogP contribution in [0.5, 0.6) is 0 Å². The molecule has 0 fully saturated rings. The molecule has 1 atom stereocenters. The third-order valence-corrected chi connectivity index (χ3v) is 5.69. The highest BCUT2D eigenvalue weighted by molar-refractivity contribution is 6.08. The van der Waals surface area contributed by atoms with Gasteiger partial charge < -0.3 is 14.8 Å². The summed E-state index contributed by atoms with van der Waals surface area (Å²) in [5.74, 6) is -3.44. The number of nitrogens with one attached hydrogen (secondary N) is 1. The number of carboxylic acids is 1. The molecule has 1 unspecified atom stereocenters. The van der Waals surface area contributed by atoms with Gasteiger partial charge in [-0.2, -0.15) is 18.4 Å². The summed E-state index contributed by atoms with van der Waals surface area (Å²) in [5, 5.41) is 19.2. The van der Waals surface area contributed by atoms with Crippen LogP contribution >= 0.6 is 0 Å². The summed E-state index contributed by atoms with van der Waals surface area (Å²) in [6.45, 7) is 5.66. The minimum absolute atomic E-state index is 0.114. The second kappa shape index (κ2) is 13.5. The van der Waals surface area contributed by atoms with Crippen LogP contribution in [0.1, 0.15) is 48.5 Å². The Labute approximate surface area is 245 Å². The molecule has 0 aliphatic carbocycles. The number of carbonyl (C=O) groups is 3. The number of nitrogens with zero attached hydrogens (tertiary/aromatic N) is 3. The second-order valence-electron chi connectivity index (χ2n) is 10.1. The molecule has 0 saturated heterocycles. The van der Waals surface area contributed by atoms with Gasteiger partial charge in [0.15, 0.2) is 5.76 Å². The number of alkyl halides is 3. The van der Waals surface area contributed by atoms with Crippen LogP contribution in [0.4, 0.5) is 18.9 Å². The maximum atomic E-state index is 13.7. The topological polar surface area (TPSA) is 137 Å². The number of nitriles is 1. The van der Waals surface area contributed by atoms with Gasteiger partial charge in [-0.25, -0.2) is 4.79 Å². The van der Waals surface area contributed by atoms with Gasteiger partial charge in [0, 0.05) is 29.2 Å². The lowest BCUT2D eigenvalue weighted by Gasteiger charge is -2.33. The van der Waals surface area contributed by atoms with E-state index in [-0.39, 0.29) is 11.7 Å². The number of hydrogen-bond donors (Lipinski definition) is 2. The van der Waals surface area contributed by atoms with Gasteiger partial charge in [0.25, 0.3) is 5.91 Å². The molecule has 222 valence electrons. The van der Waals surface area contributed by atoms with E-state index in [4.69, 9.17) is 19.6 Å². The minimum atomic E-state index is -5.08. The van der Waals surface area contributed by atoms with Crippen LogP contribution in [-0.2, 0) is 9.59 Å². The molecule has 0 aliphatic rings. The van der Waals surface area contributed by atoms with Crippen LogP contribution < -0.4 is 10.2 Å². The molecule has 0 aliphatic heterocycles. The van der Waals surface area contributed by atoms with Crippen LogP contribution in [0.25, 0.3) is 11.1 Å². The van der Waals surface area contributed by atoms with Crippen molar-refractivity contribution in [1.82, 2.24) is 10.3 Å². The molecular formula is C31H27F3N4O5. The molecule has 2 N–H and O–H groups in total. The SMILES string of the molecule is CC(C)(C)NC(=O)C(c1cccnc1)N(C(=O)c1ccco1)c1ccc(-c2ccc(C#N)cc2)cc1.O=C(O)C(F)(F)F. The standard InChI is InChI=1S/C29H26N4O3.C2HF3O2/c1-29(2,3)32-27(34)26(23-6-4-16-31-19-23)33(28(35)25-7-5-17-36-25)24-14-12-22(13-15-24)21-10-8-20(18-30)9-11-21;3-2(4,5)1(6)7/h4-17,19,26H,1-3H3,(H,32,34);(H,6,7). The third kappa shape index (κ3) is 8.77. The summed E-state index contributed by atoms with van der Waals surface area (Å²) in [6, 6.07) is 22.4. The Bertz CT molecular complexity index is 1570. The molecule has 2 aromatic heterocycles. The Morgan fingerprint density at radius 1 is 0.953 bits per heavy atom. The highest BCUT2D eigenvalue weighted by atomic mass is 19.4. The molecule has 4 rings (SSSR count). The fraction of sp³-hybridized carbons (Fsp3) is 0.194. The quantitative estimate of drug-likeness (QED) is 0.274. The zero-order chi connectivity index (χ0) is 31.8. The van der Waals surface area contributed by atoms with E-state index < -0.39 is 29.6 Å². The zero-order valence-electron chi connectivity index (χ0n) is 23.3. The first kappa shape index (κ1) is 32.1. The number of pyridine rings is 1. The molecule has 2 heterocycles. The summed E-state index contributed by atoms with van der Waals surface area (Å²) in [4.78, 5) is 41.8. The van der Waals surface area contributed by atoms with Gasteiger partial charge in [0.2, 0.25) is 5.91 Å². The maximum Gasteiger partial charge on any atom is 0.490 e. The van der Waals surface area contributed by atoms with E-state index in [0.29, 0.717) is 16.8 Å². The normalized spacial score (nSPS) is 11.7. The first-order chi connectivity index (χ1) is 20.2. The van der Waals surface area contributed by atoms with Crippen molar-refractivity contribution in [3.63, 3.8) is 0 Å². The van der Waals surface area contributed by atoms with Crippen molar-refractivity contribution in [2.45, 2.75) is 38.5 Å². The van der Waals surface area contributed by atoms with Crippen molar-refractivity contribution in [3.8, 4) is 17.2 Å². The van der Waals surface area contributed by atoms with E-state index in [1.807, 2.05) is 45.0 Å². The van der Waals surface area contributed by atoms with Crippen molar-refractivity contribution in [1.29, 1.82) is 5.26 Å². The largest absolute Gasteiger partial charge is 0.490 e. The number of halogens is 3. The fourth-order valence-corrected chi connectivity index (χ4v) is 3.85. The molecule has 43 heavy (non-hydrogen) atoms. The molecule has 0 spiro atoms. The van der Waals surface area contributed by atoms with Gasteiger partial charge in [0.1, 0.15) is 6.04 Å². The van der Waals surface area contributed by atoms with Gasteiger partial charge in [-0.15, -0.1) is 0 Å². The molecule has 9 nitrogen and oxygen atoms in total. The Kier molecular flexibility index (Phi) is 10.1. The van der Waals surface area contributed by atoms with Crippen LogP contribution in [-0.4, -0.2) is 39.6 Å². The third-order valence-electron chi connectivity index (χ3n) is 5.69. The molecule has 4 aromatic rings. The number of amides is 2. The average Bonchev–Trinajstić information content (AvgIpc) is 3.50. The van der Waals surface area contributed by atoms with Crippen molar-refractivity contribution < 1.29 is 37.1 Å². The Morgan fingerprint density at radius 2 is 1.53 bits per heavy atom. The number of hydrogen-bond acceptors (Lipinski definition) is 6. The molecule has 0 radical (unpaired) electrons. The van der Waals surface area contributed by atoms with Crippen molar-refractivity contribution in [2.24, 2.45) is 0 Å². The molecule has 0 saturated carbocycles. The number of aromatic nitrogens is 1. The second-order valence-corrected chi connectivity index (χ2v) is 10.1. The van der Waals surface area contributed by atoms with E-state index in [9.17, 15) is 22.8 Å². The van der Waals surface area contributed by atoms with Gasteiger partial charge >= 0.3 is 12.1 Å². The average molecular weight is 593 g/mol. The van der Waals surface area contributed by atoms with Crippen LogP contribution in [0.15, 0.2) is 95.9 Å². The van der Waals surface area contributed by atoms with E-state index in [0.717, 1.165) is 11.1 Å². The van der Waals surface area contributed by atoms with E-state index in [1.165, 1.54) is 11.2 Å². The lowest BCUT2D eigenvalue weighted by Crippen LogP contribution is -2.49. The summed E-state index contributed by atoms with van der Waals surface area (Å²) in [7, 11) is 0. The monoisotopic (exact) mass is 592 g/mol. The fourth-order valence-electron chi connectivity index (χ4n) is 3.85. The molecule has 2 aromatic carbocycles. The predicted molar refractivity (Wildman–Crippen MR) is 151 cm³/mol. The molecule has 12 heteroatoms.